The molecule has 2 heterocycles. The minimum absolute atomic E-state index is 0.546. The number of rotatable bonds is 2. The molecule has 2 aliphatic heterocycles. The van der Waals surface area contributed by atoms with Gasteiger partial charge in [-0.2, -0.15) is 0 Å². The maximum absolute atomic E-state index is 2.93. The number of hydrogen-bond donors (Lipinski definition) is 0. The van der Waals surface area contributed by atoms with Crippen molar-refractivity contribution in [2.75, 3.05) is 19.6 Å². The summed E-state index contributed by atoms with van der Waals surface area (Å²) in [5.41, 5.74) is 0.546. The van der Waals surface area contributed by atoms with E-state index in [-0.39, 0.29) is 0 Å². The van der Waals surface area contributed by atoms with Crippen LogP contribution in [0, 0.1) is 5.41 Å². The highest BCUT2D eigenvalue weighted by Gasteiger charge is 2.44. The van der Waals surface area contributed by atoms with Gasteiger partial charge in [0.1, 0.15) is 0 Å². The summed E-state index contributed by atoms with van der Waals surface area (Å²) in [7, 11) is 0. The molecule has 2 heteroatoms. The molecule has 0 amide bonds. The van der Waals surface area contributed by atoms with Crippen molar-refractivity contribution >= 4 is 0 Å². The molecule has 0 aromatic heterocycles. The van der Waals surface area contributed by atoms with E-state index in [1.807, 2.05) is 0 Å². The SMILES string of the molecule is CCC1CN2CCCCC2CN1C1CCCC1(C)C. The van der Waals surface area contributed by atoms with Gasteiger partial charge >= 0.3 is 0 Å². The summed E-state index contributed by atoms with van der Waals surface area (Å²) in [5.74, 6) is 0. The highest BCUT2D eigenvalue weighted by atomic mass is 15.3. The van der Waals surface area contributed by atoms with Crippen LogP contribution in [-0.2, 0) is 0 Å². The summed E-state index contributed by atoms with van der Waals surface area (Å²) in [6, 6.07) is 2.53. The van der Waals surface area contributed by atoms with E-state index >= 15 is 0 Å². The first-order valence-corrected chi connectivity index (χ1v) is 8.61. The standard InChI is InChI=1S/C17H32N2/c1-4-14-12-18-11-6-5-8-15(18)13-19(14)16-9-7-10-17(16,2)3/h14-16H,4-13H2,1-3H3. The molecule has 3 aliphatic rings. The Hall–Kier alpha value is -0.0800. The van der Waals surface area contributed by atoms with Gasteiger partial charge in [-0.15, -0.1) is 0 Å². The Balaban J connectivity index is 1.75. The number of hydrogen-bond acceptors (Lipinski definition) is 2. The lowest BCUT2D eigenvalue weighted by atomic mass is 9.83. The predicted molar refractivity (Wildman–Crippen MR) is 81.4 cm³/mol. The normalized spacial score (nSPS) is 40.3. The molecule has 0 radical (unpaired) electrons. The molecule has 1 aliphatic carbocycles. The zero-order valence-electron chi connectivity index (χ0n) is 13.2. The van der Waals surface area contributed by atoms with E-state index in [1.54, 1.807) is 0 Å². The highest BCUT2D eigenvalue weighted by molar-refractivity contribution is 4.99. The zero-order chi connectivity index (χ0) is 13.5. The van der Waals surface area contributed by atoms with E-state index in [0.717, 1.165) is 18.1 Å². The molecule has 2 nitrogen and oxygen atoms in total. The second kappa shape index (κ2) is 5.37. The molecule has 19 heavy (non-hydrogen) atoms. The lowest BCUT2D eigenvalue weighted by molar-refractivity contribution is -0.0363. The minimum Gasteiger partial charge on any atom is -0.298 e. The van der Waals surface area contributed by atoms with E-state index in [4.69, 9.17) is 0 Å². The summed E-state index contributed by atoms with van der Waals surface area (Å²) in [4.78, 5) is 5.73. The van der Waals surface area contributed by atoms with Gasteiger partial charge in [-0.25, -0.2) is 0 Å². The van der Waals surface area contributed by atoms with Crippen molar-refractivity contribution in [2.24, 2.45) is 5.41 Å². The summed E-state index contributed by atoms with van der Waals surface area (Å²) in [6.45, 7) is 11.5. The number of piperidine rings is 1. The highest BCUT2D eigenvalue weighted by Crippen LogP contribution is 2.43. The van der Waals surface area contributed by atoms with Gasteiger partial charge in [0.2, 0.25) is 0 Å². The fourth-order valence-electron chi connectivity index (χ4n) is 4.94. The van der Waals surface area contributed by atoms with Crippen LogP contribution in [0.4, 0.5) is 0 Å². The molecule has 0 aromatic carbocycles. The molecule has 0 aromatic rings. The molecule has 0 N–H and O–H groups in total. The van der Waals surface area contributed by atoms with Gasteiger partial charge in [-0.1, -0.05) is 33.6 Å². The van der Waals surface area contributed by atoms with E-state index in [2.05, 4.69) is 30.6 Å². The third-order valence-corrected chi connectivity index (χ3v) is 6.16. The lowest BCUT2D eigenvalue weighted by Crippen LogP contribution is -2.63. The van der Waals surface area contributed by atoms with E-state index in [9.17, 15) is 0 Å². The third-order valence-electron chi connectivity index (χ3n) is 6.16. The Kier molecular flexibility index (Phi) is 3.92. The van der Waals surface area contributed by atoms with Crippen molar-refractivity contribution in [3.8, 4) is 0 Å². The Morgan fingerprint density at radius 2 is 1.89 bits per heavy atom. The minimum atomic E-state index is 0.546. The van der Waals surface area contributed by atoms with Gasteiger partial charge in [-0.05, 0) is 44.1 Å². The second-order valence-corrected chi connectivity index (χ2v) is 7.80. The largest absolute Gasteiger partial charge is 0.298 e. The number of piperazine rings is 1. The van der Waals surface area contributed by atoms with Gasteiger partial charge in [0.15, 0.2) is 0 Å². The fraction of sp³-hybridized carbons (Fsp3) is 1.00. The molecule has 0 bridgehead atoms. The predicted octanol–water partition coefficient (Wildman–Crippen LogP) is 3.51. The van der Waals surface area contributed by atoms with Gasteiger partial charge in [-0.3, -0.25) is 9.80 Å². The summed E-state index contributed by atoms with van der Waals surface area (Å²) >= 11 is 0. The molecular formula is C17H32N2. The first-order chi connectivity index (χ1) is 9.12. The molecule has 3 unspecified atom stereocenters. The maximum Gasteiger partial charge on any atom is 0.0224 e. The second-order valence-electron chi connectivity index (χ2n) is 7.80. The van der Waals surface area contributed by atoms with Gasteiger partial charge in [0.25, 0.3) is 0 Å². The van der Waals surface area contributed by atoms with Crippen LogP contribution in [0.25, 0.3) is 0 Å². The lowest BCUT2D eigenvalue weighted by Gasteiger charge is -2.52. The third kappa shape index (κ3) is 2.58. The zero-order valence-corrected chi connectivity index (χ0v) is 13.2. The molecule has 3 rings (SSSR count). The van der Waals surface area contributed by atoms with Crippen molar-refractivity contribution in [2.45, 2.75) is 83.8 Å². The first kappa shape index (κ1) is 13.9. The molecule has 0 spiro atoms. The average molecular weight is 264 g/mol. The number of fused-ring (bicyclic) bond motifs is 1. The van der Waals surface area contributed by atoms with Crippen molar-refractivity contribution in [1.82, 2.24) is 9.80 Å². The van der Waals surface area contributed by atoms with Crippen LogP contribution in [0.2, 0.25) is 0 Å². The Morgan fingerprint density at radius 1 is 1.05 bits per heavy atom. The Bertz CT molecular complexity index is 312. The summed E-state index contributed by atoms with van der Waals surface area (Å²) < 4.78 is 0. The van der Waals surface area contributed by atoms with Crippen LogP contribution < -0.4 is 0 Å². The van der Waals surface area contributed by atoms with E-state index in [1.165, 1.54) is 64.6 Å². The van der Waals surface area contributed by atoms with Crippen molar-refractivity contribution in [3.05, 3.63) is 0 Å². The quantitative estimate of drug-likeness (QED) is 0.753. The monoisotopic (exact) mass is 264 g/mol. The smallest absolute Gasteiger partial charge is 0.0224 e. The van der Waals surface area contributed by atoms with E-state index < -0.39 is 0 Å². The van der Waals surface area contributed by atoms with Crippen LogP contribution in [0.1, 0.15) is 65.7 Å². The van der Waals surface area contributed by atoms with Crippen LogP contribution in [0.5, 0.6) is 0 Å². The molecule has 3 atom stereocenters. The average Bonchev–Trinajstić information content (AvgIpc) is 2.76. The first-order valence-electron chi connectivity index (χ1n) is 8.61. The van der Waals surface area contributed by atoms with Gasteiger partial charge in [0.05, 0.1) is 0 Å². The Labute approximate surface area is 119 Å². The number of nitrogens with zero attached hydrogens (tertiary/aromatic N) is 2. The fourth-order valence-corrected chi connectivity index (χ4v) is 4.94. The van der Waals surface area contributed by atoms with Gasteiger partial charge < -0.3 is 0 Å². The van der Waals surface area contributed by atoms with Gasteiger partial charge in [0, 0.05) is 31.2 Å². The van der Waals surface area contributed by atoms with Crippen LogP contribution in [-0.4, -0.2) is 47.6 Å². The maximum atomic E-state index is 2.93. The molecule has 1 saturated carbocycles. The topological polar surface area (TPSA) is 6.48 Å². The molecule has 3 fully saturated rings. The summed E-state index contributed by atoms with van der Waals surface area (Å²) in [5, 5.41) is 0. The van der Waals surface area contributed by atoms with Crippen molar-refractivity contribution in [1.29, 1.82) is 0 Å². The molecular weight excluding hydrogens is 232 g/mol. The molecule has 110 valence electrons. The van der Waals surface area contributed by atoms with E-state index in [0.29, 0.717) is 5.41 Å². The Morgan fingerprint density at radius 3 is 2.58 bits per heavy atom. The molecule has 2 saturated heterocycles. The van der Waals surface area contributed by atoms with Crippen molar-refractivity contribution < 1.29 is 0 Å². The van der Waals surface area contributed by atoms with Crippen LogP contribution in [0.3, 0.4) is 0 Å². The van der Waals surface area contributed by atoms with Crippen molar-refractivity contribution in [3.63, 3.8) is 0 Å². The van der Waals surface area contributed by atoms with Crippen LogP contribution in [0.15, 0.2) is 0 Å². The van der Waals surface area contributed by atoms with Crippen LogP contribution >= 0.6 is 0 Å². The summed E-state index contributed by atoms with van der Waals surface area (Å²) in [6.07, 6.45) is 9.98.